The van der Waals surface area contributed by atoms with E-state index in [1.165, 1.54) is 0 Å². The van der Waals surface area contributed by atoms with Gasteiger partial charge < -0.3 is 18.5 Å². The molecule has 0 aliphatic rings. The monoisotopic (exact) mass is 425 g/mol. The maximum absolute atomic E-state index is 13.3. The van der Waals surface area contributed by atoms with Crippen LogP contribution in [-0.2, 0) is 11.3 Å². The van der Waals surface area contributed by atoms with Crippen LogP contribution in [0.15, 0.2) is 76.0 Å². The number of furan rings is 2. The van der Waals surface area contributed by atoms with Crippen molar-refractivity contribution in [3.63, 3.8) is 0 Å². The highest BCUT2D eigenvalue weighted by Gasteiger charge is 2.23. The van der Waals surface area contributed by atoms with Gasteiger partial charge in [-0.2, -0.15) is 5.10 Å². The van der Waals surface area contributed by atoms with E-state index in [9.17, 15) is 4.79 Å². The smallest absolute Gasteiger partial charge is 0.274 e. The number of amides is 1. The van der Waals surface area contributed by atoms with Gasteiger partial charge in [0.05, 0.1) is 31.4 Å². The average molecular weight is 426 g/mol. The fourth-order valence-corrected chi connectivity index (χ4v) is 3.20. The topological polar surface area (TPSA) is 73.6 Å². The molecule has 0 aliphatic heterocycles. The minimum atomic E-state index is -0.232. The number of rotatable bonds is 8. The predicted octanol–water partition coefficient (Wildman–Crippen LogP) is 4.67. The lowest BCUT2D eigenvalue weighted by molar-refractivity contribution is 0.0660. The van der Waals surface area contributed by atoms with Gasteiger partial charge in [-0.3, -0.25) is 4.79 Å². The Balaban J connectivity index is 1.70. The molecule has 0 N–H and O–H groups in total. The Hall–Kier alpha value is -3.29. The zero-order valence-corrected chi connectivity index (χ0v) is 17.1. The Bertz CT molecular complexity index is 1090. The summed E-state index contributed by atoms with van der Waals surface area (Å²) in [5, 5.41) is 5.19. The Morgan fingerprint density at radius 3 is 2.57 bits per heavy atom. The molecule has 0 fully saturated rings. The van der Waals surface area contributed by atoms with Crippen LogP contribution in [0.4, 0.5) is 0 Å². The molecule has 3 aromatic heterocycles. The van der Waals surface area contributed by atoms with E-state index in [0.29, 0.717) is 47.6 Å². The van der Waals surface area contributed by atoms with Crippen LogP contribution >= 0.6 is 11.6 Å². The van der Waals surface area contributed by atoms with E-state index in [4.69, 9.17) is 25.2 Å². The summed E-state index contributed by atoms with van der Waals surface area (Å²) >= 11 is 6.02. The fraction of sp³-hybridized carbons (Fsp3) is 0.182. The Morgan fingerprint density at radius 2 is 1.90 bits per heavy atom. The summed E-state index contributed by atoms with van der Waals surface area (Å²) in [5.41, 5.74) is 1.72. The lowest BCUT2D eigenvalue weighted by atomic mass is 10.2. The first kappa shape index (κ1) is 20.0. The van der Waals surface area contributed by atoms with Crippen LogP contribution in [0.1, 0.15) is 16.2 Å². The summed E-state index contributed by atoms with van der Waals surface area (Å²) in [4.78, 5) is 14.9. The van der Waals surface area contributed by atoms with E-state index in [0.717, 1.165) is 5.69 Å². The number of halogens is 1. The van der Waals surface area contributed by atoms with E-state index in [2.05, 4.69) is 5.10 Å². The van der Waals surface area contributed by atoms with Crippen molar-refractivity contribution in [2.24, 2.45) is 0 Å². The van der Waals surface area contributed by atoms with E-state index >= 15 is 0 Å². The molecule has 4 rings (SSSR count). The van der Waals surface area contributed by atoms with Crippen molar-refractivity contribution < 1.29 is 18.4 Å². The van der Waals surface area contributed by atoms with E-state index < -0.39 is 0 Å². The minimum Gasteiger partial charge on any atom is -0.467 e. The van der Waals surface area contributed by atoms with Crippen LogP contribution in [0.25, 0.3) is 17.1 Å². The SMILES string of the molecule is COCCN(Cc1ccco1)C(=O)c1cc(-c2ccco2)n(-c2ccc(Cl)cc2)n1. The molecular formula is C22H20ClN3O4. The van der Waals surface area contributed by atoms with Gasteiger partial charge in [0.15, 0.2) is 11.5 Å². The number of carbonyl (C=O) groups is 1. The third-order valence-electron chi connectivity index (χ3n) is 4.55. The molecule has 0 bridgehead atoms. The number of hydrogen-bond acceptors (Lipinski definition) is 5. The first-order valence-electron chi connectivity index (χ1n) is 9.36. The maximum Gasteiger partial charge on any atom is 0.274 e. The molecule has 7 nitrogen and oxygen atoms in total. The van der Waals surface area contributed by atoms with Gasteiger partial charge in [0.1, 0.15) is 11.5 Å². The van der Waals surface area contributed by atoms with Gasteiger partial charge in [-0.15, -0.1) is 0 Å². The highest BCUT2D eigenvalue weighted by Crippen LogP contribution is 2.26. The minimum absolute atomic E-state index is 0.232. The van der Waals surface area contributed by atoms with Crippen molar-refractivity contribution in [3.05, 3.63) is 83.6 Å². The highest BCUT2D eigenvalue weighted by atomic mass is 35.5. The summed E-state index contributed by atoms with van der Waals surface area (Å²) in [6.45, 7) is 1.12. The van der Waals surface area contributed by atoms with Crippen molar-refractivity contribution in [2.45, 2.75) is 6.54 Å². The molecule has 0 unspecified atom stereocenters. The van der Waals surface area contributed by atoms with Crippen LogP contribution in [0.2, 0.25) is 5.02 Å². The molecule has 8 heteroatoms. The third-order valence-corrected chi connectivity index (χ3v) is 4.80. The van der Waals surface area contributed by atoms with Crippen molar-refractivity contribution in [3.8, 4) is 17.1 Å². The molecule has 0 radical (unpaired) electrons. The van der Waals surface area contributed by atoms with E-state index in [-0.39, 0.29) is 5.91 Å². The summed E-state index contributed by atoms with van der Waals surface area (Å²) in [6, 6.07) is 16.2. The van der Waals surface area contributed by atoms with Gasteiger partial charge >= 0.3 is 0 Å². The maximum atomic E-state index is 13.3. The summed E-state index contributed by atoms with van der Waals surface area (Å²) in [6.07, 6.45) is 3.16. The summed E-state index contributed by atoms with van der Waals surface area (Å²) in [7, 11) is 1.60. The number of nitrogens with zero attached hydrogens (tertiary/aromatic N) is 3. The second-order valence-electron chi connectivity index (χ2n) is 6.58. The van der Waals surface area contributed by atoms with Crippen LogP contribution < -0.4 is 0 Å². The number of benzene rings is 1. The van der Waals surface area contributed by atoms with Gasteiger partial charge in [-0.05, 0) is 48.5 Å². The summed E-state index contributed by atoms with van der Waals surface area (Å²) < 4.78 is 17.8. The van der Waals surface area contributed by atoms with Crippen LogP contribution in [-0.4, -0.2) is 40.8 Å². The van der Waals surface area contributed by atoms with Crippen molar-refractivity contribution >= 4 is 17.5 Å². The molecule has 0 aliphatic carbocycles. The standard InChI is InChI=1S/C22H20ClN3O4/c1-28-13-10-25(15-18-4-2-11-29-18)22(27)19-14-20(21-5-3-12-30-21)26(24-19)17-8-6-16(23)7-9-17/h2-9,11-12,14H,10,13,15H2,1H3. The Morgan fingerprint density at radius 1 is 1.13 bits per heavy atom. The number of methoxy groups -OCH3 is 1. The van der Waals surface area contributed by atoms with Gasteiger partial charge in [-0.1, -0.05) is 11.6 Å². The van der Waals surface area contributed by atoms with Gasteiger partial charge in [0.2, 0.25) is 0 Å². The number of ether oxygens (including phenoxy) is 1. The average Bonchev–Trinajstić information content (AvgIpc) is 3.52. The molecular weight excluding hydrogens is 406 g/mol. The molecule has 154 valence electrons. The third kappa shape index (κ3) is 4.32. The van der Waals surface area contributed by atoms with Gasteiger partial charge in [0.25, 0.3) is 5.91 Å². The Kier molecular flexibility index (Phi) is 6.02. The second kappa shape index (κ2) is 9.02. The molecule has 0 saturated heterocycles. The largest absolute Gasteiger partial charge is 0.467 e. The van der Waals surface area contributed by atoms with Gasteiger partial charge in [-0.25, -0.2) is 4.68 Å². The van der Waals surface area contributed by atoms with Crippen LogP contribution in [0, 0.1) is 0 Å². The molecule has 1 amide bonds. The normalized spacial score (nSPS) is 11.0. The molecule has 4 aromatic rings. The molecule has 3 heterocycles. The van der Waals surface area contributed by atoms with Gasteiger partial charge in [0, 0.05) is 24.7 Å². The number of carbonyl (C=O) groups excluding carboxylic acids is 1. The van der Waals surface area contributed by atoms with Crippen molar-refractivity contribution in [2.75, 3.05) is 20.3 Å². The molecule has 0 saturated carbocycles. The van der Waals surface area contributed by atoms with Crippen molar-refractivity contribution in [1.29, 1.82) is 0 Å². The first-order valence-corrected chi connectivity index (χ1v) is 9.74. The quantitative estimate of drug-likeness (QED) is 0.410. The first-order chi connectivity index (χ1) is 14.7. The van der Waals surface area contributed by atoms with E-state index in [1.807, 2.05) is 24.3 Å². The highest BCUT2D eigenvalue weighted by molar-refractivity contribution is 6.30. The van der Waals surface area contributed by atoms with Crippen molar-refractivity contribution in [1.82, 2.24) is 14.7 Å². The zero-order chi connectivity index (χ0) is 20.9. The van der Waals surface area contributed by atoms with E-state index in [1.54, 1.807) is 59.5 Å². The number of hydrogen-bond donors (Lipinski definition) is 0. The van der Waals surface area contributed by atoms with Crippen LogP contribution in [0.3, 0.4) is 0 Å². The summed E-state index contributed by atoms with van der Waals surface area (Å²) in [5.74, 6) is 1.05. The second-order valence-corrected chi connectivity index (χ2v) is 7.02. The fourth-order valence-electron chi connectivity index (χ4n) is 3.07. The Labute approximate surface area is 178 Å². The zero-order valence-electron chi connectivity index (χ0n) is 16.3. The molecule has 30 heavy (non-hydrogen) atoms. The molecule has 0 spiro atoms. The number of aromatic nitrogens is 2. The molecule has 1 aromatic carbocycles. The predicted molar refractivity (Wildman–Crippen MR) is 112 cm³/mol. The van der Waals surface area contributed by atoms with Crippen LogP contribution in [0.5, 0.6) is 0 Å². The molecule has 0 atom stereocenters. The lowest BCUT2D eigenvalue weighted by Crippen LogP contribution is -2.33. The lowest BCUT2D eigenvalue weighted by Gasteiger charge is -2.20.